The minimum atomic E-state index is -3.66. The van der Waals surface area contributed by atoms with Crippen LogP contribution in [-0.2, 0) is 21.4 Å². The number of nitrogens with zero attached hydrogens (tertiary/aromatic N) is 2. The number of benzene rings is 3. The number of rotatable bonds is 7. The lowest BCUT2D eigenvalue weighted by Crippen LogP contribution is -2.41. The molecule has 0 atom stereocenters. The summed E-state index contributed by atoms with van der Waals surface area (Å²) in [5, 5.41) is 1.69. The molecule has 6 nitrogen and oxygen atoms in total. The Morgan fingerprint density at radius 3 is 2.34 bits per heavy atom. The van der Waals surface area contributed by atoms with Crippen LogP contribution in [0, 0.1) is 0 Å². The van der Waals surface area contributed by atoms with Gasteiger partial charge in [-0.3, -0.25) is 9.10 Å². The second-order valence-electron chi connectivity index (χ2n) is 6.83. The van der Waals surface area contributed by atoms with Gasteiger partial charge in [-0.25, -0.2) is 8.42 Å². The van der Waals surface area contributed by atoms with E-state index in [9.17, 15) is 13.2 Å². The maximum atomic E-state index is 12.9. The molecule has 3 aromatic carbocycles. The number of amides is 1. The van der Waals surface area contributed by atoms with Gasteiger partial charge in [-0.1, -0.05) is 54.6 Å². The number of carbonyl (C=O) groups is 1. The Morgan fingerprint density at radius 2 is 1.62 bits per heavy atom. The molecule has 0 fully saturated rings. The monoisotopic (exact) mass is 412 g/mol. The van der Waals surface area contributed by atoms with Crippen molar-refractivity contribution in [2.45, 2.75) is 6.54 Å². The summed E-state index contributed by atoms with van der Waals surface area (Å²) in [6.45, 7) is 0.0362. The number of ether oxygens (including phenoxy) is 1. The Hall–Kier alpha value is -3.06. The van der Waals surface area contributed by atoms with Crippen molar-refractivity contribution in [1.82, 2.24) is 4.90 Å². The van der Waals surface area contributed by atoms with Crippen molar-refractivity contribution < 1.29 is 17.9 Å². The molecular weight excluding hydrogens is 388 g/mol. The van der Waals surface area contributed by atoms with Crippen molar-refractivity contribution in [2.24, 2.45) is 0 Å². The van der Waals surface area contributed by atoms with E-state index in [1.54, 1.807) is 26.3 Å². The summed E-state index contributed by atoms with van der Waals surface area (Å²) in [5.74, 6) is 0.371. The van der Waals surface area contributed by atoms with E-state index >= 15 is 0 Å². The average molecular weight is 413 g/mol. The van der Waals surface area contributed by atoms with Gasteiger partial charge in [0.2, 0.25) is 15.9 Å². The molecule has 7 heteroatoms. The van der Waals surface area contributed by atoms with Crippen LogP contribution in [0.2, 0.25) is 0 Å². The van der Waals surface area contributed by atoms with E-state index < -0.39 is 10.0 Å². The predicted octanol–water partition coefficient (Wildman–Crippen LogP) is 3.27. The van der Waals surface area contributed by atoms with Crippen LogP contribution in [0.4, 0.5) is 5.69 Å². The SMILES string of the molecule is COc1ccccc1CN(C)C(=O)CN(c1cccc2ccccc12)S(C)(=O)=O. The fourth-order valence-corrected chi connectivity index (χ4v) is 4.09. The Bertz CT molecular complexity index is 1120. The van der Waals surface area contributed by atoms with E-state index in [0.29, 0.717) is 18.0 Å². The van der Waals surface area contributed by atoms with E-state index in [4.69, 9.17) is 4.74 Å². The molecule has 0 bridgehead atoms. The minimum Gasteiger partial charge on any atom is -0.496 e. The molecule has 3 rings (SSSR count). The van der Waals surface area contributed by atoms with Crippen LogP contribution in [0.5, 0.6) is 5.75 Å². The van der Waals surface area contributed by atoms with Crippen LogP contribution in [0.3, 0.4) is 0 Å². The van der Waals surface area contributed by atoms with Crippen molar-refractivity contribution >= 4 is 32.4 Å². The third-order valence-corrected chi connectivity index (χ3v) is 5.87. The normalized spacial score (nSPS) is 11.3. The Labute approximate surface area is 171 Å². The van der Waals surface area contributed by atoms with Crippen molar-refractivity contribution in [3.05, 3.63) is 72.3 Å². The average Bonchev–Trinajstić information content (AvgIpc) is 2.71. The van der Waals surface area contributed by atoms with Gasteiger partial charge in [-0.2, -0.15) is 0 Å². The Morgan fingerprint density at radius 1 is 0.966 bits per heavy atom. The summed E-state index contributed by atoms with van der Waals surface area (Å²) in [5.41, 5.74) is 1.34. The Kier molecular flexibility index (Phi) is 6.08. The van der Waals surface area contributed by atoms with Gasteiger partial charge in [-0.05, 0) is 17.5 Å². The zero-order chi connectivity index (χ0) is 21.0. The summed E-state index contributed by atoms with van der Waals surface area (Å²) in [6.07, 6.45) is 1.11. The van der Waals surface area contributed by atoms with Crippen LogP contribution < -0.4 is 9.04 Å². The standard InChI is InChI=1S/C22H24N2O4S/c1-23(15-18-10-5-7-14-21(18)28-2)22(25)16-24(29(3,26)27)20-13-8-11-17-9-4-6-12-19(17)20/h4-14H,15-16H2,1-3H3. The first-order chi connectivity index (χ1) is 13.8. The highest BCUT2D eigenvalue weighted by molar-refractivity contribution is 7.92. The lowest BCUT2D eigenvalue weighted by molar-refractivity contribution is -0.128. The van der Waals surface area contributed by atoms with Crippen LogP contribution in [-0.4, -0.2) is 46.2 Å². The zero-order valence-corrected chi connectivity index (χ0v) is 17.5. The number of hydrogen-bond acceptors (Lipinski definition) is 4. The molecular formula is C22H24N2O4S. The topological polar surface area (TPSA) is 66.9 Å². The maximum absolute atomic E-state index is 12.9. The van der Waals surface area contributed by atoms with Crippen LogP contribution in [0.15, 0.2) is 66.7 Å². The largest absolute Gasteiger partial charge is 0.496 e. The minimum absolute atomic E-state index is 0.279. The summed E-state index contributed by atoms with van der Waals surface area (Å²) < 4.78 is 31.6. The lowest BCUT2D eigenvalue weighted by atomic mass is 10.1. The molecule has 1 amide bonds. The summed E-state index contributed by atoms with van der Waals surface area (Å²) in [7, 11) is -0.435. The molecule has 0 aliphatic carbocycles. The number of sulfonamides is 1. The molecule has 0 saturated heterocycles. The van der Waals surface area contributed by atoms with Crippen molar-refractivity contribution in [2.75, 3.05) is 31.3 Å². The van der Waals surface area contributed by atoms with E-state index in [2.05, 4.69) is 0 Å². The molecule has 0 spiro atoms. The van der Waals surface area contributed by atoms with Gasteiger partial charge in [0.15, 0.2) is 0 Å². The third kappa shape index (κ3) is 4.68. The van der Waals surface area contributed by atoms with Gasteiger partial charge >= 0.3 is 0 Å². The van der Waals surface area contributed by atoms with Gasteiger partial charge in [0.25, 0.3) is 0 Å². The molecule has 0 aliphatic rings. The highest BCUT2D eigenvalue weighted by Gasteiger charge is 2.24. The van der Waals surface area contributed by atoms with Crippen molar-refractivity contribution in [3.8, 4) is 5.75 Å². The zero-order valence-electron chi connectivity index (χ0n) is 16.7. The highest BCUT2D eigenvalue weighted by atomic mass is 32.2. The first-order valence-corrected chi connectivity index (χ1v) is 11.0. The molecule has 0 aromatic heterocycles. The van der Waals surface area contributed by atoms with Crippen LogP contribution >= 0.6 is 0 Å². The number of methoxy groups -OCH3 is 1. The van der Waals surface area contributed by atoms with Crippen molar-refractivity contribution in [1.29, 1.82) is 0 Å². The molecule has 0 heterocycles. The molecule has 0 aliphatic heterocycles. The molecule has 0 unspecified atom stereocenters. The number of para-hydroxylation sites is 1. The lowest BCUT2D eigenvalue weighted by Gasteiger charge is -2.26. The predicted molar refractivity (Wildman–Crippen MR) is 116 cm³/mol. The quantitative estimate of drug-likeness (QED) is 0.597. The number of hydrogen-bond donors (Lipinski definition) is 0. The fraction of sp³-hybridized carbons (Fsp3) is 0.227. The molecule has 3 aromatic rings. The Balaban J connectivity index is 1.88. The van der Waals surface area contributed by atoms with Crippen LogP contribution in [0.1, 0.15) is 5.56 Å². The van der Waals surface area contributed by atoms with Crippen molar-refractivity contribution in [3.63, 3.8) is 0 Å². The third-order valence-electron chi connectivity index (χ3n) is 4.74. The summed E-state index contributed by atoms with van der Waals surface area (Å²) in [4.78, 5) is 14.4. The molecule has 29 heavy (non-hydrogen) atoms. The van der Waals surface area contributed by atoms with Gasteiger partial charge < -0.3 is 9.64 Å². The number of anilines is 1. The molecule has 0 radical (unpaired) electrons. The van der Waals surface area contributed by atoms with Gasteiger partial charge in [0.05, 0.1) is 19.1 Å². The smallest absolute Gasteiger partial charge is 0.243 e. The second kappa shape index (κ2) is 8.53. The number of carbonyl (C=O) groups excluding carboxylic acids is 1. The fourth-order valence-electron chi connectivity index (χ4n) is 3.23. The van der Waals surface area contributed by atoms with Crippen LogP contribution in [0.25, 0.3) is 10.8 Å². The molecule has 152 valence electrons. The maximum Gasteiger partial charge on any atom is 0.243 e. The van der Waals surface area contributed by atoms with Gasteiger partial charge in [0.1, 0.15) is 12.3 Å². The van der Waals surface area contributed by atoms with E-state index in [1.165, 1.54) is 4.90 Å². The number of likely N-dealkylation sites (N-methyl/N-ethyl adjacent to an activating group) is 1. The van der Waals surface area contributed by atoms with Gasteiger partial charge in [-0.15, -0.1) is 0 Å². The second-order valence-corrected chi connectivity index (χ2v) is 8.74. The first-order valence-electron chi connectivity index (χ1n) is 9.12. The van der Waals surface area contributed by atoms with E-state index in [1.807, 2.05) is 54.6 Å². The molecule has 0 saturated carbocycles. The first kappa shape index (κ1) is 20.7. The van der Waals surface area contributed by atoms with E-state index in [0.717, 1.165) is 26.9 Å². The highest BCUT2D eigenvalue weighted by Crippen LogP contribution is 2.28. The summed E-state index contributed by atoms with van der Waals surface area (Å²) >= 11 is 0. The number of fused-ring (bicyclic) bond motifs is 1. The van der Waals surface area contributed by atoms with Gasteiger partial charge in [0, 0.05) is 24.5 Å². The molecule has 0 N–H and O–H groups in total. The van der Waals surface area contributed by atoms with E-state index in [-0.39, 0.29) is 12.5 Å². The summed E-state index contributed by atoms with van der Waals surface area (Å²) in [6, 6.07) is 20.4.